The Morgan fingerprint density at radius 2 is 1.03 bits per heavy atom. The lowest BCUT2D eigenvalue weighted by atomic mass is 9.93. The first-order valence-electron chi connectivity index (χ1n) is 12.9. The van der Waals surface area contributed by atoms with Crippen molar-refractivity contribution in [1.29, 1.82) is 0 Å². The molecular weight excluding hydrogens is 392 g/mol. The molecule has 2 aromatic carbocycles. The molecule has 176 valence electrons. The Morgan fingerprint density at radius 3 is 1.38 bits per heavy atom. The molecule has 0 unspecified atom stereocenters. The van der Waals surface area contributed by atoms with Crippen LogP contribution in [0, 0.1) is 0 Å². The highest BCUT2D eigenvalue weighted by Crippen LogP contribution is 2.36. The number of hydrogen-bond donors (Lipinski definition) is 1. The minimum absolute atomic E-state index is 0.388. The van der Waals surface area contributed by atoms with Crippen LogP contribution in [0.4, 0.5) is 16.2 Å². The van der Waals surface area contributed by atoms with Crippen LogP contribution in [0.1, 0.15) is 101 Å². The number of benzene rings is 2. The van der Waals surface area contributed by atoms with E-state index in [9.17, 15) is 4.79 Å². The van der Waals surface area contributed by atoms with E-state index in [4.69, 9.17) is 5.73 Å². The second-order valence-corrected chi connectivity index (χ2v) is 8.92. The van der Waals surface area contributed by atoms with E-state index in [1.54, 1.807) is 4.90 Å². The molecule has 2 N–H and O–H groups in total. The Hall–Kier alpha value is -2.29. The number of rotatable bonds is 14. The summed E-state index contributed by atoms with van der Waals surface area (Å²) in [4.78, 5) is 14.8. The summed E-state index contributed by atoms with van der Waals surface area (Å²) in [6, 6.07) is 12.5. The van der Waals surface area contributed by atoms with Gasteiger partial charge in [0.2, 0.25) is 0 Å². The third-order valence-corrected chi connectivity index (χ3v) is 6.36. The predicted octanol–water partition coefficient (Wildman–Crippen LogP) is 8.27. The molecule has 3 nitrogen and oxygen atoms in total. The normalized spacial score (nSPS) is 11.0. The van der Waals surface area contributed by atoms with Crippen LogP contribution < -0.4 is 10.6 Å². The maximum Gasteiger partial charge on any atom is 0.323 e. The molecule has 0 spiro atoms. The molecule has 0 aliphatic carbocycles. The van der Waals surface area contributed by atoms with Gasteiger partial charge < -0.3 is 5.73 Å². The molecule has 0 aliphatic heterocycles. The Bertz CT molecular complexity index is 780. The molecule has 2 rings (SSSR count). The van der Waals surface area contributed by atoms with Gasteiger partial charge in [0.15, 0.2) is 0 Å². The van der Waals surface area contributed by atoms with Crippen LogP contribution in [0.5, 0.6) is 0 Å². The number of carbonyl (C=O) groups is 1. The number of nitrogens with zero attached hydrogens (tertiary/aromatic N) is 1. The van der Waals surface area contributed by atoms with Crippen molar-refractivity contribution in [3.05, 3.63) is 58.7 Å². The molecule has 0 saturated carbocycles. The Kier molecular flexibility index (Phi) is 11.3. The van der Waals surface area contributed by atoms with Crippen molar-refractivity contribution in [2.45, 2.75) is 105 Å². The summed E-state index contributed by atoms with van der Waals surface area (Å²) in [5.74, 6) is 0. The molecule has 2 amide bonds. The first-order chi connectivity index (χ1) is 15.6. The van der Waals surface area contributed by atoms with Gasteiger partial charge in [0.25, 0.3) is 0 Å². The number of urea groups is 1. The number of nitrogens with two attached hydrogens (primary N) is 1. The van der Waals surface area contributed by atoms with Gasteiger partial charge in [-0.1, -0.05) is 77.6 Å². The Labute approximate surface area is 196 Å². The first kappa shape index (κ1) is 26.0. The molecule has 0 saturated heterocycles. The number of hydrogen-bond acceptors (Lipinski definition) is 1. The van der Waals surface area contributed by atoms with Gasteiger partial charge in [-0.2, -0.15) is 0 Å². The second kappa shape index (κ2) is 14.0. The standard InChI is InChI=1S/C29H44N2O/c1-5-9-15-23-17-13-21-27(25(23)19-11-7-3)31(29(30)32)28-22-14-18-24(16-10-6-2)26(28)20-12-8-4/h13-14,17-18,21-22H,5-12,15-16,19-20H2,1-4H3,(H2,30,32). The van der Waals surface area contributed by atoms with Crippen LogP contribution >= 0.6 is 0 Å². The molecule has 2 aromatic rings. The van der Waals surface area contributed by atoms with E-state index < -0.39 is 0 Å². The minimum Gasteiger partial charge on any atom is -0.351 e. The van der Waals surface area contributed by atoms with Crippen LogP contribution in [0.25, 0.3) is 0 Å². The summed E-state index contributed by atoms with van der Waals surface area (Å²) >= 11 is 0. The van der Waals surface area contributed by atoms with Crippen molar-refractivity contribution in [3.63, 3.8) is 0 Å². The van der Waals surface area contributed by atoms with Crippen LogP contribution in [-0.4, -0.2) is 6.03 Å². The largest absolute Gasteiger partial charge is 0.351 e. The third kappa shape index (κ3) is 6.85. The minimum atomic E-state index is -0.388. The summed E-state index contributed by atoms with van der Waals surface area (Å²) in [6.07, 6.45) is 13.2. The van der Waals surface area contributed by atoms with Crippen molar-refractivity contribution in [2.75, 3.05) is 4.90 Å². The molecule has 32 heavy (non-hydrogen) atoms. The number of unbranched alkanes of at least 4 members (excludes halogenated alkanes) is 4. The predicted molar refractivity (Wildman–Crippen MR) is 139 cm³/mol. The highest BCUT2D eigenvalue weighted by molar-refractivity contribution is 6.00. The lowest BCUT2D eigenvalue weighted by Crippen LogP contribution is -2.33. The first-order valence-corrected chi connectivity index (χ1v) is 12.9. The van der Waals surface area contributed by atoms with E-state index in [-0.39, 0.29) is 6.03 Å². The monoisotopic (exact) mass is 436 g/mol. The zero-order chi connectivity index (χ0) is 23.3. The van der Waals surface area contributed by atoms with Crippen LogP contribution in [0.2, 0.25) is 0 Å². The van der Waals surface area contributed by atoms with Crippen LogP contribution in [0.3, 0.4) is 0 Å². The molecule has 0 atom stereocenters. The topological polar surface area (TPSA) is 46.3 Å². The highest BCUT2D eigenvalue weighted by Gasteiger charge is 2.23. The number of primary amides is 1. The number of anilines is 2. The van der Waals surface area contributed by atoms with Crippen molar-refractivity contribution < 1.29 is 4.79 Å². The molecule has 0 aliphatic rings. The van der Waals surface area contributed by atoms with Crippen molar-refractivity contribution in [2.24, 2.45) is 5.73 Å². The lowest BCUT2D eigenvalue weighted by molar-refractivity contribution is 0.256. The summed E-state index contributed by atoms with van der Waals surface area (Å²) in [5, 5.41) is 0. The van der Waals surface area contributed by atoms with Crippen molar-refractivity contribution >= 4 is 17.4 Å². The summed E-state index contributed by atoms with van der Waals surface area (Å²) in [7, 11) is 0. The zero-order valence-corrected chi connectivity index (χ0v) is 20.9. The van der Waals surface area contributed by atoms with Gasteiger partial charge >= 0.3 is 6.03 Å². The fourth-order valence-electron chi connectivity index (χ4n) is 4.52. The SMILES string of the molecule is CCCCc1cccc(N(C(N)=O)c2cccc(CCCC)c2CCCC)c1CCCC. The molecular formula is C29H44N2O. The lowest BCUT2D eigenvalue weighted by Gasteiger charge is -2.28. The summed E-state index contributed by atoms with van der Waals surface area (Å²) in [5.41, 5.74) is 13.3. The van der Waals surface area contributed by atoms with Gasteiger partial charge in [0.1, 0.15) is 0 Å². The Balaban J connectivity index is 2.64. The Morgan fingerprint density at radius 1 is 0.656 bits per heavy atom. The fourth-order valence-corrected chi connectivity index (χ4v) is 4.52. The quantitative estimate of drug-likeness (QED) is 0.318. The molecule has 0 bridgehead atoms. The second-order valence-electron chi connectivity index (χ2n) is 8.92. The average molecular weight is 437 g/mol. The fraction of sp³-hybridized carbons (Fsp3) is 0.552. The van der Waals surface area contributed by atoms with Crippen molar-refractivity contribution in [3.8, 4) is 0 Å². The van der Waals surface area contributed by atoms with Gasteiger partial charge in [-0.05, 0) is 85.8 Å². The van der Waals surface area contributed by atoms with Gasteiger partial charge in [-0.3, -0.25) is 4.90 Å². The summed E-state index contributed by atoms with van der Waals surface area (Å²) in [6.45, 7) is 8.90. The van der Waals surface area contributed by atoms with Gasteiger partial charge in [0.05, 0.1) is 11.4 Å². The van der Waals surface area contributed by atoms with E-state index in [2.05, 4.69) is 64.1 Å². The molecule has 3 heteroatoms. The number of carbonyl (C=O) groups excluding carboxylic acids is 1. The molecule has 0 aromatic heterocycles. The number of amides is 2. The highest BCUT2D eigenvalue weighted by atomic mass is 16.2. The van der Waals surface area contributed by atoms with Crippen LogP contribution in [0.15, 0.2) is 36.4 Å². The van der Waals surface area contributed by atoms with Gasteiger partial charge in [0, 0.05) is 0 Å². The maximum absolute atomic E-state index is 13.0. The number of aryl methyl sites for hydroxylation is 2. The van der Waals surface area contributed by atoms with Gasteiger partial charge in [-0.25, -0.2) is 4.79 Å². The molecule has 0 heterocycles. The van der Waals surface area contributed by atoms with E-state index in [0.29, 0.717) is 0 Å². The maximum atomic E-state index is 13.0. The van der Waals surface area contributed by atoms with E-state index in [1.807, 2.05) is 0 Å². The van der Waals surface area contributed by atoms with E-state index >= 15 is 0 Å². The van der Waals surface area contributed by atoms with Gasteiger partial charge in [-0.15, -0.1) is 0 Å². The summed E-state index contributed by atoms with van der Waals surface area (Å²) < 4.78 is 0. The average Bonchev–Trinajstić information content (AvgIpc) is 2.79. The smallest absolute Gasteiger partial charge is 0.323 e. The third-order valence-electron chi connectivity index (χ3n) is 6.36. The van der Waals surface area contributed by atoms with E-state index in [0.717, 1.165) is 88.4 Å². The zero-order valence-electron chi connectivity index (χ0n) is 20.9. The van der Waals surface area contributed by atoms with Crippen molar-refractivity contribution in [1.82, 2.24) is 0 Å². The van der Waals surface area contributed by atoms with Crippen LogP contribution in [-0.2, 0) is 25.7 Å². The molecule has 0 fully saturated rings. The van der Waals surface area contributed by atoms with E-state index in [1.165, 1.54) is 22.3 Å². The molecule has 0 radical (unpaired) electrons.